The van der Waals surface area contributed by atoms with Crippen molar-refractivity contribution < 1.29 is 19.1 Å². The predicted molar refractivity (Wildman–Crippen MR) is 82.8 cm³/mol. The molecule has 1 atom stereocenters. The summed E-state index contributed by atoms with van der Waals surface area (Å²) in [5.74, 6) is -0.903. The number of aryl methyl sites for hydroxylation is 1. The zero-order valence-electron chi connectivity index (χ0n) is 13.1. The van der Waals surface area contributed by atoms with Crippen LogP contribution in [0.1, 0.15) is 36.0 Å². The molecule has 1 heterocycles. The van der Waals surface area contributed by atoms with Crippen LogP contribution in [0, 0.1) is 12.8 Å². The molecule has 1 unspecified atom stereocenters. The molecule has 2 aromatic rings. The molecular weight excluding hydrogens is 298 g/mol. The molecule has 2 rings (SSSR count). The zero-order valence-corrected chi connectivity index (χ0v) is 13.1. The molecule has 0 aliphatic carbocycles. The molecule has 1 aromatic carbocycles. The van der Waals surface area contributed by atoms with E-state index in [-0.39, 0.29) is 12.5 Å². The number of carboxylic acids is 1. The van der Waals surface area contributed by atoms with Gasteiger partial charge >= 0.3 is 5.97 Å². The standard InChI is InChI=1S/C16H19N3O4/c1-3-4-13(16(21)22)9-17-14(20)11-5-7-12(8-6-11)15-19-18-10(2)23-15/h5-8,13H,3-4,9H2,1-2H3,(H,17,20)(H,21,22). The van der Waals surface area contributed by atoms with Gasteiger partial charge in [0.15, 0.2) is 0 Å². The van der Waals surface area contributed by atoms with Crippen molar-refractivity contribution in [3.8, 4) is 11.5 Å². The number of amides is 1. The monoisotopic (exact) mass is 317 g/mol. The summed E-state index contributed by atoms with van der Waals surface area (Å²) in [6.07, 6.45) is 1.29. The van der Waals surface area contributed by atoms with Gasteiger partial charge in [0.1, 0.15) is 0 Å². The third-order valence-electron chi connectivity index (χ3n) is 3.42. The third kappa shape index (κ3) is 4.38. The van der Waals surface area contributed by atoms with Crippen molar-refractivity contribution in [3.63, 3.8) is 0 Å². The second-order valence-corrected chi connectivity index (χ2v) is 5.24. The number of aromatic nitrogens is 2. The molecule has 0 saturated heterocycles. The number of nitrogens with one attached hydrogen (secondary N) is 1. The van der Waals surface area contributed by atoms with Gasteiger partial charge in [-0.2, -0.15) is 0 Å². The first-order chi connectivity index (χ1) is 11.0. The molecule has 0 saturated carbocycles. The Morgan fingerprint density at radius 2 is 1.96 bits per heavy atom. The van der Waals surface area contributed by atoms with Crippen LogP contribution in [0.15, 0.2) is 28.7 Å². The van der Waals surface area contributed by atoms with Gasteiger partial charge in [-0.3, -0.25) is 9.59 Å². The molecule has 0 aliphatic heterocycles. The topological polar surface area (TPSA) is 105 Å². The molecule has 2 N–H and O–H groups in total. The van der Waals surface area contributed by atoms with E-state index in [1.54, 1.807) is 31.2 Å². The Morgan fingerprint density at radius 1 is 1.26 bits per heavy atom. The van der Waals surface area contributed by atoms with E-state index < -0.39 is 11.9 Å². The van der Waals surface area contributed by atoms with E-state index >= 15 is 0 Å². The van der Waals surface area contributed by atoms with Crippen LogP contribution in [-0.2, 0) is 4.79 Å². The van der Waals surface area contributed by atoms with Gasteiger partial charge in [-0.15, -0.1) is 10.2 Å². The highest BCUT2D eigenvalue weighted by atomic mass is 16.4. The Bertz CT molecular complexity index is 679. The van der Waals surface area contributed by atoms with Crippen molar-refractivity contribution in [2.45, 2.75) is 26.7 Å². The van der Waals surface area contributed by atoms with E-state index in [9.17, 15) is 9.59 Å². The predicted octanol–water partition coefficient (Wildman–Crippen LogP) is 2.28. The van der Waals surface area contributed by atoms with Crippen LogP contribution in [-0.4, -0.2) is 33.7 Å². The Hall–Kier alpha value is -2.70. The third-order valence-corrected chi connectivity index (χ3v) is 3.42. The average Bonchev–Trinajstić information content (AvgIpc) is 2.97. The van der Waals surface area contributed by atoms with Gasteiger partial charge < -0.3 is 14.8 Å². The minimum Gasteiger partial charge on any atom is -0.481 e. The first-order valence-electron chi connectivity index (χ1n) is 7.42. The van der Waals surface area contributed by atoms with E-state index in [1.807, 2.05) is 6.92 Å². The Kier molecular flexibility index (Phi) is 5.46. The smallest absolute Gasteiger partial charge is 0.308 e. The summed E-state index contributed by atoms with van der Waals surface area (Å²) in [5.41, 5.74) is 1.17. The largest absolute Gasteiger partial charge is 0.481 e. The number of hydrogen-bond acceptors (Lipinski definition) is 5. The van der Waals surface area contributed by atoms with Crippen LogP contribution in [0.5, 0.6) is 0 Å². The summed E-state index contributed by atoms with van der Waals surface area (Å²) >= 11 is 0. The summed E-state index contributed by atoms with van der Waals surface area (Å²) in [6, 6.07) is 6.70. The number of nitrogens with zero attached hydrogens (tertiary/aromatic N) is 2. The van der Waals surface area contributed by atoms with Crippen LogP contribution in [0.25, 0.3) is 11.5 Å². The molecule has 0 radical (unpaired) electrons. The van der Waals surface area contributed by atoms with Crippen molar-refractivity contribution in [1.82, 2.24) is 15.5 Å². The Labute approximate surface area is 133 Å². The van der Waals surface area contributed by atoms with E-state index in [4.69, 9.17) is 9.52 Å². The first-order valence-corrected chi connectivity index (χ1v) is 7.42. The van der Waals surface area contributed by atoms with Crippen molar-refractivity contribution >= 4 is 11.9 Å². The van der Waals surface area contributed by atoms with Crippen molar-refractivity contribution in [1.29, 1.82) is 0 Å². The minimum atomic E-state index is -0.894. The number of hydrogen-bond donors (Lipinski definition) is 2. The van der Waals surface area contributed by atoms with Gasteiger partial charge in [0, 0.05) is 24.6 Å². The molecule has 0 spiro atoms. The molecule has 7 nitrogen and oxygen atoms in total. The highest BCUT2D eigenvalue weighted by molar-refractivity contribution is 5.94. The second kappa shape index (κ2) is 7.53. The minimum absolute atomic E-state index is 0.118. The van der Waals surface area contributed by atoms with Gasteiger partial charge in [-0.1, -0.05) is 13.3 Å². The fourth-order valence-electron chi connectivity index (χ4n) is 2.16. The molecule has 0 aliphatic rings. The lowest BCUT2D eigenvalue weighted by molar-refractivity contribution is -0.141. The Morgan fingerprint density at radius 3 is 2.48 bits per heavy atom. The maximum atomic E-state index is 12.1. The van der Waals surface area contributed by atoms with Crippen molar-refractivity contribution in [3.05, 3.63) is 35.7 Å². The molecule has 1 aromatic heterocycles. The fraction of sp³-hybridized carbons (Fsp3) is 0.375. The first kappa shape index (κ1) is 16.7. The lowest BCUT2D eigenvalue weighted by atomic mass is 10.0. The molecule has 23 heavy (non-hydrogen) atoms. The van der Waals surface area contributed by atoms with E-state index in [0.717, 1.165) is 12.0 Å². The maximum Gasteiger partial charge on any atom is 0.308 e. The molecular formula is C16H19N3O4. The Balaban J connectivity index is 1.98. The van der Waals surface area contributed by atoms with Gasteiger partial charge in [0.25, 0.3) is 5.91 Å². The maximum absolute atomic E-state index is 12.1. The quantitative estimate of drug-likeness (QED) is 0.811. The van der Waals surface area contributed by atoms with Gasteiger partial charge in [-0.25, -0.2) is 0 Å². The lowest BCUT2D eigenvalue weighted by Gasteiger charge is -2.12. The van der Waals surface area contributed by atoms with Crippen LogP contribution < -0.4 is 5.32 Å². The average molecular weight is 317 g/mol. The number of carbonyl (C=O) groups is 2. The number of aliphatic carboxylic acids is 1. The van der Waals surface area contributed by atoms with Gasteiger partial charge in [0.2, 0.25) is 11.8 Å². The summed E-state index contributed by atoms with van der Waals surface area (Å²) < 4.78 is 5.31. The fourth-order valence-corrected chi connectivity index (χ4v) is 2.16. The number of carbonyl (C=O) groups excluding carboxylic acids is 1. The number of carboxylic acid groups (broad SMARTS) is 1. The van der Waals surface area contributed by atoms with Crippen LogP contribution in [0.3, 0.4) is 0 Å². The van der Waals surface area contributed by atoms with Gasteiger partial charge in [-0.05, 0) is 30.7 Å². The summed E-state index contributed by atoms with van der Waals surface area (Å²) in [4.78, 5) is 23.1. The van der Waals surface area contributed by atoms with E-state index in [0.29, 0.717) is 23.8 Å². The van der Waals surface area contributed by atoms with Crippen molar-refractivity contribution in [2.24, 2.45) is 5.92 Å². The van der Waals surface area contributed by atoms with Crippen LogP contribution in [0.4, 0.5) is 0 Å². The number of benzene rings is 1. The molecule has 0 fully saturated rings. The van der Waals surface area contributed by atoms with E-state index in [2.05, 4.69) is 15.5 Å². The van der Waals surface area contributed by atoms with Crippen LogP contribution in [0.2, 0.25) is 0 Å². The molecule has 7 heteroatoms. The molecule has 1 amide bonds. The summed E-state index contributed by atoms with van der Waals surface area (Å²) in [6.45, 7) is 3.73. The zero-order chi connectivity index (χ0) is 16.8. The van der Waals surface area contributed by atoms with Crippen LogP contribution >= 0.6 is 0 Å². The van der Waals surface area contributed by atoms with Gasteiger partial charge in [0.05, 0.1) is 5.92 Å². The molecule has 0 bridgehead atoms. The normalized spacial score (nSPS) is 11.9. The number of rotatable bonds is 7. The van der Waals surface area contributed by atoms with E-state index in [1.165, 1.54) is 0 Å². The highest BCUT2D eigenvalue weighted by Gasteiger charge is 2.17. The van der Waals surface area contributed by atoms with Crippen molar-refractivity contribution in [2.75, 3.05) is 6.54 Å². The summed E-state index contributed by atoms with van der Waals surface area (Å²) in [7, 11) is 0. The summed E-state index contributed by atoms with van der Waals surface area (Å²) in [5, 5.41) is 19.4. The SMILES string of the molecule is CCCC(CNC(=O)c1ccc(-c2nnc(C)o2)cc1)C(=O)O. The molecule has 122 valence electrons. The highest BCUT2D eigenvalue weighted by Crippen LogP contribution is 2.18. The lowest BCUT2D eigenvalue weighted by Crippen LogP contribution is -2.32. The second-order valence-electron chi connectivity index (χ2n) is 5.24.